The van der Waals surface area contributed by atoms with Crippen molar-refractivity contribution >= 4 is 6.03 Å². The Morgan fingerprint density at radius 2 is 2.00 bits per heavy atom. The first-order valence-electron chi connectivity index (χ1n) is 9.69. The summed E-state index contributed by atoms with van der Waals surface area (Å²) >= 11 is 0. The van der Waals surface area contributed by atoms with Gasteiger partial charge in [-0.2, -0.15) is 0 Å². The maximum Gasteiger partial charge on any atom is 0.317 e. The van der Waals surface area contributed by atoms with E-state index < -0.39 is 0 Å². The number of carbonyl (C=O) groups is 1. The molecule has 2 fully saturated rings. The SMILES string of the molecule is COc1ccc(CN(C)C(=O)NCC(C2CCOC2)N2CCOCC2)cc1. The average Bonchev–Trinajstić information content (AvgIpc) is 3.24. The van der Waals surface area contributed by atoms with Crippen LogP contribution < -0.4 is 10.1 Å². The molecule has 2 aliphatic heterocycles. The van der Waals surface area contributed by atoms with Crippen molar-refractivity contribution in [2.24, 2.45) is 5.92 Å². The minimum atomic E-state index is -0.0528. The van der Waals surface area contributed by atoms with E-state index in [1.807, 2.05) is 31.3 Å². The molecule has 0 aromatic heterocycles. The van der Waals surface area contributed by atoms with Crippen molar-refractivity contribution in [3.8, 4) is 5.75 Å². The first-order chi connectivity index (χ1) is 13.2. The molecule has 27 heavy (non-hydrogen) atoms. The van der Waals surface area contributed by atoms with Crippen LogP contribution in [0.4, 0.5) is 4.79 Å². The number of rotatable bonds is 7. The first kappa shape index (κ1) is 19.9. The molecule has 2 aliphatic rings. The molecule has 2 atom stereocenters. The number of amides is 2. The molecule has 0 radical (unpaired) electrons. The van der Waals surface area contributed by atoms with Crippen LogP contribution >= 0.6 is 0 Å². The van der Waals surface area contributed by atoms with E-state index in [1.54, 1.807) is 12.0 Å². The van der Waals surface area contributed by atoms with Crippen molar-refractivity contribution in [1.29, 1.82) is 0 Å². The molecular weight excluding hydrogens is 346 g/mol. The number of nitrogens with zero attached hydrogens (tertiary/aromatic N) is 2. The Balaban J connectivity index is 1.52. The third-order valence-corrected chi connectivity index (χ3v) is 5.41. The van der Waals surface area contributed by atoms with Crippen LogP contribution in [0, 0.1) is 5.92 Å². The van der Waals surface area contributed by atoms with Crippen molar-refractivity contribution in [2.45, 2.75) is 19.0 Å². The number of benzene rings is 1. The number of methoxy groups -OCH3 is 1. The fourth-order valence-corrected chi connectivity index (χ4v) is 3.76. The molecule has 7 heteroatoms. The number of carbonyl (C=O) groups excluding carboxylic acids is 1. The molecule has 0 saturated carbocycles. The van der Waals surface area contributed by atoms with E-state index in [-0.39, 0.29) is 6.03 Å². The van der Waals surface area contributed by atoms with Gasteiger partial charge in [-0.15, -0.1) is 0 Å². The van der Waals surface area contributed by atoms with Gasteiger partial charge in [0.25, 0.3) is 0 Å². The molecule has 1 aromatic rings. The summed E-state index contributed by atoms with van der Waals surface area (Å²) < 4.78 is 16.2. The van der Waals surface area contributed by atoms with Crippen LogP contribution in [0.5, 0.6) is 5.75 Å². The molecule has 7 nitrogen and oxygen atoms in total. The summed E-state index contributed by atoms with van der Waals surface area (Å²) in [7, 11) is 3.47. The Labute approximate surface area is 161 Å². The predicted molar refractivity (Wildman–Crippen MR) is 103 cm³/mol. The van der Waals surface area contributed by atoms with Crippen LogP contribution in [0.3, 0.4) is 0 Å². The maximum absolute atomic E-state index is 12.6. The second kappa shape index (κ2) is 9.92. The Morgan fingerprint density at radius 1 is 1.26 bits per heavy atom. The Morgan fingerprint density at radius 3 is 2.63 bits per heavy atom. The van der Waals surface area contributed by atoms with Crippen LogP contribution in [0.25, 0.3) is 0 Å². The summed E-state index contributed by atoms with van der Waals surface area (Å²) in [6, 6.07) is 8.03. The third kappa shape index (κ3) is 5.57. The highest BCUT2D eigenvalue weighted by atomic mass is 16.5. The minimum Gasteiger partial charge on any atom is -0.497 e. The fraction of sp³-hybridized carbons (Fsp3) is 0.650. The Hall–Kier alpha value is -1.83. The topological polar surface area (TPSA) is 63.3 Å². The van der Waals surface area contributed by atoms with Crippen molar-refractivity contribution in [1.82, 2.24) is 15.1 Å². The molecule has 150 valence electrons. The lowest BCUT2D eigenvalue weighted by atomic mass is 9.97. The zero-order valence-electron chi connectivity index (χ0n) is 16.4. The highest BCUT2D eigenvalue weighted by molar-refractivity contribution is 5.73. The van der Waals surface area contributed by atoms with Gasteiger partial charge in [-0.05, 0) is 24.1 Å². The molecule has 2 unspecified atom stereocenters. The van der Waals surface area contributed by atoms with Gasteiger partial charge in [-0.25, -0.2) is 4.79 Å². The van der Waals surface area contributed by atoms with Crippen LogP contribution in [-0.2, 0) is 16.0 Å². The van der Waals surface area contributed by atoms with E-state index in [2.05, 4.69) is 10.2 Å². The smallest absolute Gasteiger partial charge is 0.317 e. The fourth-order valence-electron chi connectivity index (χ4n) is 3.76. The van der Waals surface area contributed by atoms with Gasteiger partial charge in [0.1, 0.15) is 5.75 Å². The van der Waals surface area contributed by atoms with Crippen molar-refractivity contribution in [3.63, 3.8) is 0 Å². The molecular formula is C20H31N3O4. The first-order valence-corrected chi connectivity index (χ1v) is 9.69. The van der Waals surface area contributed by atoms with Gasteiger partial charge < -0.3 is 24.4 Å². The minimum absolute atomic E-state index is 0.0528. The average molecular weight is 377 g/mol. The largest absolute Gasteiger partial charge is 0.497 e. The third-order valence-electron chi connectivity index (χ3n) is 5.41. The number of hydrogen-bond acceptors (Lipinski definition) is 5. The van der Waals surface area contributed by atoms with Crippen molar-refractivity contribution in [3.05, 3.63) is 29.8 Å². The predicted octanol–water partition coefficient (Wildman–Crippen LogP) is 1.57. The molecule has 1 aromatic carbocycles. The Kier molecular flexibility index (Phi) is 7.32. The summed E-state index contributed by atoms with van der Waals surface area (Å²) in [6.45, 7) is 6.14. The normalized spacial score (nSPS) is 21.6. The van der Waals surface area contributed by atoms with Gasteiger partial charge >= 0.3 is 6.03 Å². The van der Waals surface area contributed by atoms with E-state index in [4.69, 9.17) is 14.2 Å². The van der Waals surface area contributed by atoms with Gasteiger partial charge in [-0.3, -0.25) is 4.90 Å². The molecule has 2 heterocycles. The summed E-state index contributed by atoms with van der Waals surface area (Å²) in [5.41, 5.74) is 1.07. The van der Waals surface area contributed by atoms with Crippen LogP contribution in [0.1, 0.15) is 12.0 Å². The number of urea groups is 1. The molecule has 0 aliphatic carbocycles. The summed E-state index contributed by atoms with van der Waals surface area (Å²) in [5.74, 6) is 1.29. The number of morpholine rings is 1. The zero-order valence-corrected chi connectivity index (χ0v) is 16.4. The van der Waals surface area contributed by atoms with Gasteiger partial charge in [0.15, 0.2) is 0 Å². The molecule has 2 amide bonds. The van der Waals surface area contributed by atoms with Gasteiger partial charge in [0, 0.05) is 51.8 Å². The second-order valence-electron chi connectivity index (χ2n) is 7.23. The molecule has 3 rings (SSSR count). The Bertz CT molecular complexity index is 583. The number of nitrogens with one attached hydrogen (secondary N) is 1. The lowest BCUT2D eigenvalue weighted by Crippen LogP contribution is -2.53. The number of hydrogen-bond donors (Lipinski definition) is 1. The van der Waals surface area contributed by atoms with E-state index in [0.29, 0.717) is 25.0 Å². The standard InChI is InChI=1S/C20H31N3O4/c1-22(14-16-3-5-18(25-2)6-4-16)20(24)21-13-19(17-7-10-27-15-17)23-8-11-26-12-9-23/h3-6,17,19H,7-15H2,1-2H3,(H,21,24). The van der Waals surface area contributed by atoms with E-state index in [0.717, 1.165) is 57.3 Å². The zero-order chi connectivity index (χ0) is 19.1. The van der Waals surface area contributed by atoms with Gasteiger partial charge in [-0.1, -0.05) is 12.1 Å². The maximum atomic E-state index is 12.6. The summed E-state index contributed by atoms with van der Waals surface area (Å²) in [6.07, 6.45) is 1.06. The summed E-state index contributed by atoms with van der Waals surface area (Å²) in [4.78, 5) is 16.7. The molecule has 1 N–H and O–H groups in total. The van der Waals surface area contributed by atoms with Gasteiger partial charge in [0.2, 0.25) is 0 Å². The monoisotopic (exact) mass is 377 g/mol. The second-order valence-corrected chi connectivity index (χ2v) is 7.23. The quantitative estimate of drug-likeness (QED) is 0.782. The molecule has 0 spiro atoms. The van der Waals surface area contributed by atoms with E-state index in [9.17, 15) is 4.79 Å². The van der Waals surface area contributed by atoms with E-state index >= 15 is 0 Å². The molecule has 2 saturated heterocycles. The lowest BCUT2D eigenvalue weighted by molar-refractivity contribution is 0.00190. The van der Waals surface area contributed by atoms with Crippen LogP contribution in [-0.4, -0.2) is 82.1 Å². The van der Waals surface area contributed by atoms with Crippen LogP contribution in [0.15, 0.2) is 24.3 Å². The van der Waals surface area contributed by atoms with Crippen molar-refractivity contribution in [2.75, 3.05) is 60.2 Å². The van der Waals surface area contributed by atoms with Crippen molar-refractivity contribution < 1.29 is 19.0 Å². The lowest BCUT2D eigenvalue weighted by Gasteiger charge is -2.37. The summed E-state index contributed by atoms with van der Waals surface area (Å²) in [5, 5.41) is 3.12. The van der Waals surface area contributed by atoms with Gasteiger partial charge in [0.05, 0.1) is 26.9 Å². The highest BCUT2D eigenvalue weighted by Gasteiger charge is 2.31. The number of ether oxygens (including phenoxy) is 3. The highest BCUT2D eigenvalue weighted by Crippen LogP contribution is 2.22. The van der Waals surface area contributed by atoms with Crippen LogP contribution in [0.2, 0.25) is 0 Å². The molecule has 0 bridgehead atoms. The van der Waals surface area contributed by atoms with E-state index in [1.165, 1.54) is 0 Å².